The Labute approximate surface area is 147 Å². The monoisotopic (exact) mass is 431 g/mol. The summed E-state index contributed by atoms with van der Waals surface area (Å²) in [4.78, 5) is 27.4. The van der Waals surface area contributed by atoms with Gasteiger partial charge in [0, 0.05) is 42.0 Å². The van der Waals surface area contributed by atoms with E-state index >= 15 is 0 Å². The van der Waals surface area contributed by atoms with Crippen molar-refractivity contribution in [2.24, 2.45) is 0 Å². The van der Waals surface area contributed by atoms with E-state index in [1.54, 1.807) is 6.92 Å². The number of nitrogens with zero attached hydrogens (tertiary/aromatic N) is 2. The van der Waals surface area contributed by atoms with Crippen molar-refractivity contribution in [2.45, 2.75) is 13.8 Å². The Morgan fingerprint density at radius 3 is 2.18 bits per heavy atom. The zero-order chi connectivity index (χ0) is 16.3. The molecule has 1 saturated heterocycles. The lowest BCUT2D eigenvalue weighted by atomic mass is 10.2. The Morgan fingerprint density at radius 2 is 1.68 bits per heavy atom. The number of rotatable bonds is 3. The average molecular weight is 433 g/mol. The van der Waals surface area contributed by atoms with E-state index in [1.807, 2.05) is 24.0 Å². The van der Waals surface area contributed by atoms with Gasteiger partial charge in [0.15, 0.2) is 0 Å². The number of amides is 2. The van der Waals surface area contributed by atoms with Crippen molar-refractivity contribution in [1.29, 1.82) is 0 Å². The van der Waals surface area contributed by atoms with Crippen LogP contribution >= 0.6 is 31.9 Å². The summed E-state index contributed by atoms with van der Waals surface area (Å²) in [6.45, 7) is 6.72. The van der Waals surface area contributed by atoms with E-state index < -0.39 is 0 Å². The second kappa shape index (κ2) is 7.57. The van der Waals surface area contributed by atoms with Gasteiger partial charge in [-0.3, -0.25) is 14.5 Å². The van der Waals surface area contributed by atoms with E-state index in [1.165, 1.54) is 0 Å². The topological polar surface area (TPSA) is 52.7 Å². The van der Waals surface area contributed by atoms with Crippen LogP contribution in [0.1, 0.15) is 12.5 Å². The summed E-state index contributed by atoms with van der Waals surface area (Å²) in [6, 6.07) is 3.93. The van der Waals surface area contributed by atoms with Crippen LogP contribution in [0, 0.1) is 6.92 Å². The van der Waals surface area contributed by atoms with Gasteiger partial charge in [0.1, 0.15) is 0 Å². The lowest BCUT2D eigenvalue weighted by Gasteiger charge is -2.33. The minimum absolute atomic E-state index is 0.0541. The number of piperazine rings is 1. The molecule has 0 bridgehead atoms. The van der Waals surface area contributed by atoms with Crippen molar-refractivity contribution >= 4 is 49.4 Å². The largest absolute Gasteiger partial charge is 0.340 e. The molecule has 22 heavy (non-hydrogen) atoms. The van der Waals surface area contributed by atoms with Crippen LogP contribution in [0.3, 0.4) is 0 Å². The second-order valence-electron chi connectivity index (χ2n) is 5.43. The number of hydrogen-bond donors (Lipinski definition) is 1. The average Bonchev–Trinajstić information content (AvgIpc) is 2.43. The van der Waals surface area contributed by atoms with Gasteiger partial charge in [-0.2, -0.15) is 0 Å². The molecule has 1 aromatic rings. The van der Waals surface area contributed by atoms with Crippen LogP contribution in [0.25, 0.3) is 0 Å². The maximum atomic E-state index is 12.2. The standard InChI is InChI=1S/C15H19Br2N3O2/c1-10-7-12(16)15(13(17)8-10)18-14(22)9-19-3-5-20(6-4-19)11(2)21/h7-8H,3-6,9H2,1-2H3,(H,18,22). The fourth-order valence-corrected chi connectivity index (χ4v) is 4.04. The van der Waals surface area contributed by atoms with Crippen molar-refractivity contribution in [3.63, 3.8) is 0 Å². The van der Waals surface area contributed by atoms with Crippen molar-refractivity contribution in [1.82, 2.24) is 9.80 Å². The highest BCUT2D eigenvalue weighted by atomic mass is 79.9. The Bertz CT molecular complexity index is 561. The summed E-state index contributed by atoms with van der Waals surface area (Å²) in [5.74, 6) is 0.0400. The number of halogens is 2. The van der Waals surface area contributed by atoms with Crippen molar-refractivity contribution in [3.8, 4) is 0 Å². The van der Waals surface area contributed by atoms with E-state index in [4.69, 9.17) is 0 Å². The van der Waals surface area contributed by atoms with Crippen molar-refractivity contribution in [3.05, 3.63) is 26.6 Å². The summed E-state index contributed by atoms with van der Waals surface area (Å²) in [5.41, 5.74) is 1.86. The molecular weight excluding hydrogens is 414 g/mol. The van der Waals surface area contributed by atoms with Crippen LogP contribution in [0.2, 0.25) is 0 Å². The van der Waals surface area contributed by atoms with Crippen molar-refractivity contribution in [2.75, 3.05) is 38.0 Å². The summed E-state index contributed by atoms with van der Waals surface area (Å²) < 4.78 is 1.71. The van der Waals surface area contributed by atoms with Gasteiger partial charge in [0.05, 0.1) is 12.2 Å². The first-order valence-electron chi connectivity index (χ1n) is 7.10. The predicted octanol–water partition coefficient (Wildman–Crippen LogP) is 2.62. The molecule has 1 heterocycles. The van der Waals surface area contributed by atoms with Crippen LogP contribution in [0.5, 0.6) is 0 Å². The summed E-state index contributed by atoms with van der Waals surface area (Å²) in [5, 5.41) is 2.93. The van der Waals surface area contributed by atoms with Crippen LogP contribution in [0.4, 0.5) is 5.69 Å². The van der Waals surface area contributed by atoms with Gasteiger partial charge in [0.2, 0.25) is 11.8 Å². The molecule has 1 fully saturated rings. The zero-order valence-electron chi connectivity index (χ0n) is 12.7. The summed E-state index contributed by atoms with van der Waals surface area (Å²) >= 11 is 6.95. The third-order valence-corrected chi connectivity index (χ3v) is 4.89. The Morgan fingerprint density at radius 1 is 1.14 bits per heavy atom. The van der Waals surface area contributed by atoms with E-state index in [-0.39, 0.29) is 11.8 Å². The SMILES string of the molecule is CC(=O)N1CCN(CC(=O)Nc2c(Br)cc(C)cc2Br)CC1. The second-order valence-corrected chi connectivity index (χ2v) is 7.14. The van der Waals surface area contributed by atoms with Gasteiger partial charge in [-0.05, 0) is 56.5 Å². The van der Waals surface area contributed by atoms with E-state index in [0.717, 1.165) is 33.3 Å². The predicted molar refractivity (Wildman–Crippen MR) is 93.9 cm³/mol. The van der Waals surface area contributed by atoms with Gasteiger partial charge < -0.3 is 10.2 Å². The molecule has 0 aromatic heterocycles. The van der Waals surface area contributed by atoms with Gasteiger partial charge in [0.25, 0.3) is 0 Å². The third kappa shape index (κ3) is 4.54. The molecule has 2 amide bonds. The van der Waals surface area contributed by atoms with E-state index in [0.29, 0.717) is 19.6 Å². The molecule has 0 spiro atoms. The van der Waals surface area contributed by atoms with E-state index in [2.05, 4.69) is 42.1 Å². The molecule has 0 atom stereocenters. The van der Waals surface area contributed by atoms with Gasteiger partial charge >= 0.3 is 0 Å². The minimum atomic E-state index is -0.0541. The first-order chi connectivity index (χ1) is 10.4. The van der Waals surface area contributed by atoms with Crippen molar-refractivity contribution < 1.29 is 9.59 Å². The van der Waals surface area contributed by atoms with Crippen LogP contribution in [0.15, 0.2) is 21.1 Å². The minimum Gasteiger partial charge on any atom is -0.340 e. The highest BCUT2D eigenvalue weighted by molar-refractivity contribution is 9.11. The molecule has 7 heteroatoms. The zero-order valence-corrected chi connectivity index (χ0v) is 15.8. The Balaban J connectivity index is 1.90. The lowest BCUT2D eigenvalue weighted by molar-refractivity contribution is -0.130. The number of aryl methyl sites for hydroxylation is 1. The number of benzene rings is 1. The first-order valence-corrected chi connectivity index (χ1v) is 8.69. The highest BCUT2D eigenvalue weighted by Gasteiger charge is 2.20. The fraction of sp³-hybridized carbons (Fsp3) is 0.467. The molecule has 1 aliphatic rings. The Hall–Kier alpha value is -0.920. The number of carbonyl (C=O) groups is 2. The Kier molecular flexibility index (Phi) is 6.00. The molecule has 1 N–H and O–H groups in total. The lowest BCUT2D eigenvalue weighted by Crippen LogP contribution is -2.49. The van der Waals surface area contributed by atoms with Gasteiger partial charge in [-0.25, -0.2) is 0 Å². The van der Waals surface area contributed by atoms with Crippen LogP contribution in [-0.4, -0.2) is 54.3 Å². The number of nitrogens with one attached hydrogen (secondary N) is 1. The number of carbonyl (C=O) groups excluding carboxylic acids is 2. The van der Waals surface area contributed by atoms with Gasteiger partial charge in [-0.15, -0.1) is 0 Å². The fourth-order valence-electron chi connectivity index (χ4n) is 2.42. The smallest absolute Gasteiger partial charge is 0.238 e. The maximum absolute atomic E-state index is 12.2. The van der Waals surface area contributed by atoms with Crippen LogP contribution in [-0.2, 0) is 9.59 Å². The summed E-state index contributed by atoms with van der Waals surface area (Å²) in [6.07, 6.45) is 0. The molecule has 0 saturated carbocycles. The van der Waals surface area contributed by atoms with E-state index in [9.17, 15) is 9.59 Å². The number of hydrogen-bond acceptors (Lipinski definition) is 3. The molecule has 0 unspecified atom stereocenters. The molecule has 1 aliphatic heterocycles. The molecule has 2 rings (SSSR count). The molecular formula is C15H19Br2N3O2. The first kappa shape index (κ1) is 17.4. The molecule has 5 nitrogen and oxygen atoms in total. The molecule has 1 aromatic carbocycles. The highest BCUT2D eigenvalue weighted by Crippen LogP contribution is 2.32. The quantitative estimate of drug-likeness (QED) is 0.798. The normalized spacial score (nSPS) is 15.7. The summed E-state index contributed by atoms with van der Waals surface area (Å²) in [7, 11) is 0. The maximum Gasteiger partial charge on any atom is 0.238 e. The molecule has 120 valence electrons. The van der Waals surface area contributed by atoms with Crippen LogP contribution < -0.4 is 5.32 Å². The third-order valence-electron chi connectivity index (χ3n) is 3.64. The van der Waals surface area contributed by atoms with Gasteiger partial charge in [-0.1, -0.05) is 0 Å². The molecule has 0 aliphatic carbocycles. The number of anilines is 1. The molecule has 0 radical (unpaired) electrons.